The monoisotopic (exact) mass is 440 g/mol. The van der Waals surface area contributed by atoms with E-state index in [1.807, 2.05) is 0 Å². The minimum absolute atomic E-state index is 0.113. The van der Waals surface area contributed by atoms with Gasteiger partial charge in [0, 0.05) is 0 Å². The third-order valence-electron chi connectivity index (χ3n) is 5.18. The van der Waals surface area contributed by atoms with Crippen LogP contribution in [0.5, 0.6) is 0 Å². The lowest BCUT2D eigenvalue weighted by atomic mass is 10.0. The Morgan fingerprint density at radius 3 is 1.63 bits per heavy atom. The van der Waals surface area contributed by atoms with Crippen molar-refractivity contribution in [2.75, 3.05) is 6.61 Å². The van der Waals surface area contributed by atoms with Gasteiger partial charge in [-0.05, 0) is 98.3 Å². The quantitative estimate of drug-likeness (QED) is 0.188. The molecule has 1 atom stereocenters. The Morgan fingerprint density at radius 2 is 1.20 bits per heavy atom. The summed E-state index contributed by atoms with van der Waals surface area (Å²) in [6, 6.07) is 0. The van der Waals surface area contributed by atoms with Gasteiger partial charge in [-0.25, -0.2) is 4.57 Å². The molecule has 0 unspecified atom stereocenters. The van der Waals surface area contributed by atoms with Crippen molar-refractivity contribution < 1.29 is 18.9 Å². The van der Waals surface area contributed by atoms with Crippen molar-refractivity contribution in [1.82, 2.24) is 0 Å². The summed E-state index contributed by atoms with van der Waals surface area (Å²) in [6.45, 7) is 13.2. The fourth-order valence-corrected chi connectivity index (χ4v) is 3.46. The van der Waals surface area contributed by atoms with Crippen LogP contribution in [-0.2, 0) is 9.09 Å². The van der Waals surface area contributed by atoms with Crippen LogP contribution < -0.4 is 0 Å². The molecule has 0 aromatic heterocycles. The van der Waals surface area contributed by atoms with Crippen molar-refractivity contribution >= 4 is 7.82 Å². The molecule has 30 heavy (non-hydrogen) atoms. The van der Waals surface area contributed by atoms with E-state index in [-0.39, 0.29) is 6.61 Å². The molecule has 0 rings (SSSR count). The van der Waals surface area contributed by atoms with Crippen molar-refractivity contribution in [2.45, 2.75) is 99.3 Å². The molecule has 0 aromatic carbocycles. The molecule has 5 heteroatoms. The number of rotatable bonds is 16. The Kier molecular flexibility index (Phi) is 16.2. The number of hydrogen-bond acceptors (Lipinski definition) is 2. The van der Waals surface area contributed by atoms with E-state index in [1.165, 1.54) is 22.3 Å². The zero-order valence-corrected chi connectivity index (χ0v) is 21.0. The molecule has 0 fully saturated rings. The molecule has 0 saturated heterocycles. The molecule has 0 aromatic rings. The largest absolute Gasteiger partial charge is 0.469 e. The van der Waals surface area contributed by atoms with E-state index < -0.39 is 7.82 Å². The van der Waals surface area contributed by atoms with Gasteiger partial charge in [0.15, 0.2) is 0 Å². The molecule has 0 aliphatic carbocycles. The second kappa shape index (κ2) is 16.7. The summed E-state index contributed by atoms with van der Waals surface area (Å²) in [6.07, 6.45) is 18.8. The van der Waals surface area contributed by atoms with E-state index in [0.29, 0.717) is 12.3 Å². The van der Waals surface area contributed by atoms with Gasteiger partial charge in [0.25, 0.3) is 0 Å². The van der Waals surface area contributed by atoms with Crippen LogP contribution in [0.3, 0.4) is 0 Å². The normalized spacial score (nSPS) is 14.7. The Morgan fingerprint density at radius 1 is 0.767 bits per heavy atom. The Hall–Kier alpha value is -0.930. The van der Waals surface area contributed by atoms with E-state index in [9.17, 15) is 4.57 Å². The van der Waals surface area contributed by atoms with Gasteiger partial charge in [-0.15, -0.1) is 0 Å². The van der Waals surface area contributed by atoms with Gasteiger partial charge in [-0.2, -0.15) is 0 Å². The van der Waals surface area contributed by atoms with E-state index in [2.05, 4.69) is 70.4 Å². The molecule has 0 heterocycles. The van der Waals surface area contributed by atoms with Crippen LogP contribution in [0.15, 0.2) is 46.6 Å². The Balaban J connectivity index is 4.00. The summed E-state index contributed by atoms with van der Waals surface area (Å²) in [5.41, 5.74) is 5.76. The molecule has 4 nitrogen and oxygen atoms in total. The van der Waals surface area contributed by atoms with Gasteiger partial charge in [-0.1, -0.05) is 53.5 Å². The summed E-state index contributed by atoms with van der Waals surface area (Å²) in [4.78, 5) is 17.4. The zero-order valence-electron chi connectivity index (χ0n) is 20.1. The molecule has 174 valence electrons. The van der Waals surface area contributed by atoms with Gasteiger partial charge in [0.05, 0.1) is 6.61 Å². The van der Waals surface area contributed by atoms with Crippen molar-refractivity contribution in [3.8, 4) is 0 Å². The van der Waals surface area contributed by atoms with Crippen molar-refractivity contribution in [3.05, 3.63) is 46.6 Å². The van der Waals surface area contributed by atoms with Gasteiger partial charge in [-0.3, -0.25) is 4.52 Å². The average molecular weight is 441 g/mol. The van der Waals surface area contributed by atoms with Gasteiger partial charge in [0.1, 0.15) is 0 Å². The van der Waals surface area contributed by atoms with E-state index in [0.717, 1.165) is 51.4 Å². The van der Waals surface area contributed by atoms with Crippen LogP contribution in [0.25, 0.3) is 0 Å². The van der Waals surface area contributed by atoms with Crippen LogP contribution in [0.4, 0.5) is 0 Å². The van der Waals surface area contributed by atoms with E-state index in [1.54, 1.807) is 0 Å². The third-order valence-corrected chi connectivity index (χ3v) is 5.70. The molecule has 0 radical (unpaired) electrons. The maximum absolute atomic E-state index is 10.7. The first-order valence-corrected chi connectivity index (χ1v) is 12.8. The van der Waals surface area contributed by atoms with Crippen LogP contribution in [0.1, 0.15) is 99.3 Å². The molecular weight excluding hydrogens is 395 g/mol. The third kappa shape index (κ3) is 20.3. The summed E-state index contributed by atoms with van der Waals surface area (Å²) in [5, 5.41) is 0. The van der Waals surface area contributed by atoms with E-state index >= 15 is 0 Å². The molecular formula is C25H45O4P. The Bertz CT molecular complexity index is 634. The van der Waals surface area contributed by atoms with Crippen LogP contribution in [-0.4, -0.2) is 16.4 Å². The second-order valence-electron chi connectivity index (χ2n) is 8.84. The fourth-order valence-electron chi connectivity index (χ4n) is 3.12. The maximum atomic E-state index is 10.7. The summed E-state index contributed by atoms with van der Waals surface area (Å²) in [5.74, 6) is 0.390. The second-order valence-corrected chi connectivity index (χ2v) is 10.1. The number of phosphoric ester groups is 1. The summed E-state index contributed by atoms with van der Waals surface area (Å²) < 4.78 is 15.2. The molecule has 0 spiro atoms. The molecule has 0 aliphatic heterocycles. The molecule has 0 amide bonds. The SMILES string of the molecule is CC(C)=CCC/C(C)=C/CC/C(C)=C/CC/C(C)=C\CC[C@H](C)CCOP(=O)(O)O. The molecule has 2 N–H and O–H groups in total. The zero-order chi connectivity index (χ0) is 23.0. The lowest BCUT2D eigenvalue weighted by molar-refractivity contribution is 0.185. The standard InChI is InChI=1S/C25H45O4P/c1-21(2)11-7-12-22(3)13-8-14-23(4)15-9-16-24(5)17-10-18-25(6)19-20-29-30(26,27)28/h11,13,15,17,25H,7-10,12,14,16,18-20H2,1-6H3,(H2,26,27,28)/b22-13+,23-15+,24-17-/t25-/m0/s1. The topological polar surface area (TPSA) is 66.8 Å². The van der Waals surface area contributed by atoms with Gasteiger partial charge in [0.2, 0.25) is 0 Å². The number of phosphoric acid groups is 1. The van der Waals surface area contributed by atoms with Crippen molar-refractivity contribution in [1.29, 1.82) is 0 Å². The first kappa shape index (κ1) is 29.1. The number of hydrogen-bond donors (Lipinski definition) is 2. The molecule has 0 bridgehead atoms. The van der Waals surface area contributed by atoms with Crippen LogP contribution in [0.2, 0.25) is 0 Å². The highest BCUT2D eigenvalue weighted by molar-refractivity contribution is 7.46. The fraction of sp³-hybridized carbons (Fsp3) is 0.680. The average Bonchev–Trinajstić information content (AvgIpc) is 2.60. The highest BCUT2D eigenvalue weighted by Crippen LogP contribution is 2.36. The lowest BCUT2D eigenvalue weighted by Crippen LogP contribution is -2.00. The predicted molar refractivity (Wildman–Crippen MR) is 129 cm³/mol. The highest BCUT2D eigenvalue weighted by atomic mass is 31.2. The van der Waals surface area contributed by atoms with Crippen molar-refractivity contribution in [3.63, 3.8) is 0 Å². The van der Waals surface area contributed by atoms with Crippen LogP contribution in [0, 0.1) is 5.92 Å². The summed E-state index contributed by atoms with van der Waals surface area (Å²) >= 11 is 0. The van der Waals surface area contributed by atoms with Gasteiger partial charge >= 0.3 is 7.82 Å². The van der Waals surface area contributed by atoms with Gasteiger partial charge < -0.3 is 9.79 Å². The summed E-state index contributed by atoms with van der Waals surface area (Å²) in [7, 11) is -4.33. The molecule has 0 aliphatic rings. The van der Waals surface area contributed by atoms with E-state index in [4.69, 9.17) is 9.79 Å². The van der Waals surface area contributed by atoms with Crippen LogP contribution >= 0.6 is 7.82 Å². The lowest BCUT2D eigenvalue weighted by Gasteiger charge is -2.11. The minimum atomic E-state index is -4.33. The minimum Gasteiger partial charge on any atom is -0.303 e. The maximum Gasteiger partial charge on any atom is 0.469 e. The first-order valence-electron chi connectivity index (χ1n) is 11.3. The van der Waals surface area contributed by atoms with Crippen molar-refractivity contribution in [2.24, 2.45) is 5.92 Å². The predicted octanol–water partition coefficient (Wildman–Crippen LogP) is 8.05. The highest BCUT2D eigenvalue weighted by Gasteiger charge is 2.13. The molecule has 0 saturated carbocycles. The Labute approximate surface area is 185 Å². The first-order chi connectivity index (χ1) is 14.0. The number of allylic oxidation sites excluding steroid dienone is 8. The smallest absolute Gasteiger partial charge is 0.303 e.